The van der Waals surface area contributed by atoms with Gasteiger partial charge in [-0.05, 0) is 6.42 Å². The average Bonchev–Trinajstić information content (AvgIpc) is 1.93. The van der Waals surface area contributed by atoms with Crippen LogP contribution in [-0.4, -0.2) is 44.2 Å². The van der Waals surface area contributed by atoms with Crippen molar-refractivity contribution in [3.05, 3.63) is 0 Å². The minimum atomic E-state index is -2.21. The number of halogens is 2. The highest BCUT2D eigenvalue weighted by atomic mass is 19.3. The maximum atomic E-state index is 11.8. The fraction of sp³-hybridized carbons (Fsp3) is 1.00. The van der Waals surface area contributed by atoms with Crippen LogP contribution in [0, 0.1) is 0 Å². The Bertz CT molecular complexity index is 121. The molecule has 0 aromatic heterocycles. The van der Waals surface area contributed by atoms with E-state index in [-0.39, 0.29) is 12.6 Å². The largest absolute Gasteiger partial charge is 0.383 e. The standard InChI is InChI=1S/C7H13F2NO/c1-11-5-6-2-3-10(6)4-7(8)9/h6-7H,2-5H2,1H3. The van der Waals surface area contributed by atoms with E-state index in [9.17, 15) is 8.78 Å². The van der Waals surface area contributed by atoms with E-state index in [1.165, 1.54) is 0 Å². The molecule has 1 saturated heterocycles. The summed E-state index contributed by atoms with van der Waals surface area (Å²) in [4.78, 5) is 1.76. The zero-order valence-electron chi connectivity index (χ0n) is 6.59. The van der Waals surface area contributed by atoms with Crippen molar-refractivity contribution in [3.63, 3.8) is 0 Å². The summed E-state index contributed by atoms with van der Waals surface area (Å²) in [6.45, 7) is 1.26. The van der Waals surface area contributed by atoms with Gasteiger partial charge in [-0.25, -0.2) is 8.78 Å². The highest BCUT2D eigenvalue weighted by molar-refractivity contribution is 4.82. The van der Waals surface area contributed by atoms with Crippen molar-refractivity contribution in [3.8, 4) is 0 Å². The van der Waals surface area contributed by atoms with Gasteiger partial charge in [-0.1, -0.05) is 0 Å². The molecule has 0 saturated carbocycles. The summed E-state index contributed by atoms with van der Waals surface area (Å²) in [7, 11) is 1.60. The second-order valence-corrected chi connectivity index (χ2v) is 2.78. The molecule has 4 heteroatoms. The molecule has 1 aliphatic rings. The smallest absolute Gasteiger partial charge is 0.251 e. The van der Waals surface area contributed by atoms with E-state index in [0.717, 1.165) is 13.0 Å². The highest BCUT2D eigenvalue weighted by Crippen LogP contribution is 2.18. The summed E-state index contributed by atoms with van der Waals surface area (Å²) in [5.41, 5.74) is 0. The van der Waals surface area contributed by atoms with Gasteiger partial charge in [0.15, 0.2) is 0 Å². The molecule has 2 nitrogen and oxygen atoms in total. The van der Waals surface area contributed by atoms with Crippen LogP contribution in [0.5, 0.6) is 0 Å². The van der Waals surface area contributed by atoms with Crippen molar-refractivity contribution in [1.29, 1.82) is 0 Å². The van der Waals surface area contributed by atoms with Crippen LogP contribution < -0.4 is 0 Å². The molecule has 0 N–H and O–H groups in total. The van der Waals surface area contributed by atoms with Gasteiger partial charge in [0.05, 0.1) is 13.2 Å². The molecule has 0 spiro atoms. The van der Waals surface area contributed by atoms with Crippen LogP contribution in [0.1, 0.15) is 6.42 Å². The second-order valence-electron chi connectivity index (χ2n) is 2.78. The number of hydrogen-bond donors (Lipinski definition) is 0. The molecule has 11 heavy (non-hydrogen) atoms. The highest BCUT2D eigenvalue weighted by Gasteiger charge is 2.29. The summed E-state index contributed by atoms with van der Waals surface area (Å²) in [5.74, 6) is 0. The molecule has 1 heterocycles. The van der Waals surface area contributed by atoms with Crippen LogP contribution in [-0.2, 0) is 4.74 Å². The Labute approximate surface area is 65.1 Å². The summed E-state index contributed by atoms with van der Waals surface area (Å²) in [6.07, 6.45) is -1.23. The van der Waals surface area contributed by atoms with Crippen molar-refractivity contribution >= 4 is 0 Å². The number of methoxy groups -OCH3 is 1. The molecule has 0 amide bonds. The molecule has 1 aliphatic heterocycles. The average molecular weight is 165 g/mol. The number of nitrogens with zero attached hydrogens (tertiary/aromatic N) is 1. The van der Waals surface area contributed by atoms with Gasteiger partial charge in [-0.2, -0.15) is 0 Å². The van der Waals surface area contributed by atoms with Crippen LogP contribution in [0.15, 0.2) is 0 Å². The van der Waals surface area contributed by atoms with E-state index >= 15 is 0 Å². The van der Waals surface area contributed by atoms with E-state index in [2.05, 4.69) is 0 Å². The topological polar surface area (TPSA) is 12.5 Å². The van der Waals surface area contributed by atoms with Crippen LogP contribution in [0.2, 0.25) is 0 Å². The lowest BCUT2D eigenvalue weighted by Crippen LogP contribution is -2.51. The van der Waals surface area contributed by atoms with Crippen molar-refractivity contribution in [2.45, 2.75) is 18.9 Å². The maximum absolute atomic E-state index is 11.8. The molecule has 0 radical (unpaired) electrons. The second kappa shape index (κ2) is 3.97. The number of alkyl halides is 2. The first-order valence-corrected chi connectivity index (χ1v) is 3.75. The summed E-state index contributed by atoms with van der Waals surface area (Å²) >= 11 is 0. The van der Waals surface area contributed by atoms with Gasteiger partial charge in [-0.3, -0.25) is 4.90 Å². The SMILES string of the molecule is COCC1CCN1CC(F)F. The van der Waals surface area contributed by atoms with Crippen molar-refractivity contribution in [2.75, 3.05) is 26.8 Å². The lowest BCUT2D eigenvalue weighted by atomic mass is 10.0. The Morgan fingerprint density at radius 3 is 2.73 bits per heavy atom. The Kier molecular flexibility index (Phi) is 3.20. The van der Waals surface area contributed by atoms with Gasteiger partial charge < -0.3 is 4.74 Å². The number of likely N-dealkylation sites (tertiary alicyclic amines) is 1. The molecule has 1 unspecified atom stereocenters. The predicted octanol–water partition coefficient (Wildman–Crippen LogP) is 0.972. The molecule has 0 aromatic carbocycles. The van der Waals surface area contributed by atoms with Crippen LogP contribution in [0.25, 0.3) is 0 Å². The third-order valence-corrected chi connectivity index (χ3v) is 2.00. The van der Waals surface area contributed by atoms with Crippen LogP contribution in [0.3, 0.4) is 0 Å². The Hall–Kier alpha value is -0.220. The zero-order chi connectivity index (χ0) is 8.27. The first kappa shape index (κ1) is 8.87. The molecule has 0 aromatic rings. The Morgan fingerprint density at radius 2 is 2.36 bits per heavy atom. The Morgan fingerprint density at radius 1 is 1.64 bits per heavy atom. The number of hydrogen-bond acceptors (Lipinski definition) is 2. The first-order valence-electron chi connectivity index (χ1n) is 3.75. The number of ether oxygens (including phenoxy) is 1. The lowest BCUT2D eigenvalue weighted by Gasteiger charge is -2.40. The van der Waals surface area contributed by atoms with Crippen molar-refractivity contribution in [1.82, 2.24) is 4.90 Å². The van der Waals surface area contributed by atoms with Crippen LogP contribution >= 0.6 is 0 Å². The molecule has 1 fully saturated rings. The van der Waals surface area contributed by atoms with E-state index in [1.807, 2.05) is 0 Å². The van der Waals surface area contributed by atoms with Crippen molar-refractivity contribution in [2.24, 2.45) is 0 Å². The van der Waals surface area contributed by atoms with E-state index in [0.29, 0.717) is 6.61 Å². The van der Waals surface area contributed by atoms with E-state index in [4.69, 9.17) is 4.74 Å². The minimum absolute atomic E-state index is 0.103. The summed E-state index contributed by atoms with van der Waals surface area (Å²) < 4.78 is 28.5. The fourth-order valence-corrected chi connectivity index (χ4v) is 1.29. The zero-order valence-corrected chi connectivity index (χ0v) is 6.59. The molecule has 66 valence electrons. The molecular formula is C7H13F2NO. The molecule has 0 aliphatic carbocycles. The fourth-order valence-electron chi connectivity index (χ4n) is 1.29. The van der Waals surface area contributed by atoms with Gasteiger partial charge in [0.1, 0.15) is 0 Å². The van der Waals surface area contributed by atoms with Gasteiger partial charge in [-0.15, -0.1) is 0 Å². The van der Waals surface area contributed by atoms with Crippen molar-refractivity contribution < 1.29 is 13.5 Å². The quantitative estimate of drug-likeness (QED) is 0.615. The van der Waals surface area contributed by atoms with Gasteiger partial charge in [0.2, 0.25) is 0 Å². The molecule has 1 rings (SSSR count). The van der Waals surface area contributed by atoms with Gasteiger partial charge >= 0.3 is 0 Å². The maximum Gasteiger partial charge on any atom is 0.251 e. The third kappa shape index (κ3) is 2.38. The van der Waals surface area contributed by atoms with Crippen LogP contribution in [0.4, 0.5) is 8.78 Å². The molecule has 0 bridgehead atoms. The number of rotatable bonds is 4. The monoisotopic (exact) mass is 165 g/mol. The Balaban J connectivity index is 2.15. The van der Waals surface area contributed by atoms with E-state index in [1.54, 1.807) is 12.0 Å². The third-order valence-electron chi connectivity index (χ3n) is 2.00. The minimum Gasteiger partial charge on any atom is -0.383 e. The summed E-state index contributed by atoms with van der Waals surface area (Å²) in [5, 5.41) is 0. The van der Waals surface area contributed by atoms with E-state index < -0.39 is 6.43 Å². The predicted molar refractivity (Wildman–Crippen MR) is 37.9 cm³/mol. The molecular weight excluding hydrogens is 152 g/mol. The van der Waals surface area contributed by atoms with Gasteiger partial charge in [0.25, 0.3) is 6.43 Å². The molecule has 1 atom stereocenters. The summed E-state index contributed by atoms with van der Waals surface area (Å²) in [6, 6.07) is 0.231. The first-order chi connectivity index (χ1) is 5.24. The van der Waals surface area contributed by atoms with Gasteiger partial charge in [0, 0.05) is 19.7 Å². The normalized spacial score (nSPS) is 25.6. The lowest BCUT2D eigenvalue weighted by molar-refractivity contribution is -0.0163.